The zero-order valence-electron chi connectivity index (χ0n) is 16.6. The fourth-order valence-corrected chi connectivity index (χ4v) is 2.84. The molecule has 0 aliphatic heterocycles. The number of pyridine rings is 1. The Bertz CT molecular complexity index is 982. The molecule has 0 spiro atoms. The van der Waals surface area contributed by atoms with Crippen molar-refractivity contribution in [1.29, 1.82) is 0 Å². The van der Waals surface area contributed by atoms with Gasteiger partial charge >= 0.3 is 0 Å². The number of aryl methyl sites for hydroxylation is 1. The Balaban J connectivity index is 1.45. The van der Waals surface area contributed by atoms with Crippen molar-refractivity contribution in [1.82, 2.24) is 25.2 Å². The van der Waals surface area contributed by atoms with Gasteiger partial charge in [-0.3, -0.25) is 14.7 Å². The van der Waals surface area contributed by atoms with Crippen LogP contribution in [0.25, 0.3) is 11.0 Å². The van der Waals surface area contributed by atoms with Crippen LogP contribution in [0.4, 0.5) is 4.39 Å². The lowest BCUT2D eigenvalue weighted by Crippen LogP contribution is -2.37. The van der Waals surface area contributed by atoms with Gasteiger partial charge in [0.05, 0.1) is 17.2 Å². The normalized spacial score (nSPS) is 11.0. The van der Waals surface area contributed by atoms with Gasteiger partial charge in [-0.15, -0.1) is 0 Å². The molecule has 0 saturated carbocycles. The highest BCUT2D eigenvalue weighted by Gasteiger charge is 2.10. The van der Waals surface area contributed by atoms with Gasteiger partial charge in [-0.05, 0) is 43.3 Å². The van der Waals surface area contributed by atoms with Crippen molar-refractivity contribution in [2.45, 2.75) is 13.8 Å². The predicted octanol–water partition coefficient (Wildman–Crippen LogP) is 2.60. The number of rotatable bonds is 9. The maximum atomic E-state index is 13.5. The number of fused-ring (bicyclic) bond motifs is 1. The molecule has 1 amide bonds. The van der Waals surface area contributed by atoms with Crippen LogP contribution < -0.4 is 10.1 Å². The van der Waals surface area contributed by atoms with Gasteiger partial charge in [0.25, 0.3) is 11.9 Å². The summed E-state index contributed by atoms with van der Waals surface area (Å²) in [6.45, 7) is 6.82. The molecule has 0 aliphatic carbocycles. The van der Waals surface area contributed by atoms with Crippen molar-refractivity contribution < 1.29 is 13.9 Å². The predicted molar refractivity (Wildman–Crippen MR) is 108 cm³/mol. The summed E-state index contributed by atoms with van der Waals surface area (Å²) in [6.07, 6.45) is 2.87. The van der Waals surface area contributed by atoms with Crippen molar-refractivity contribution in [2.24, 2.45) is 0 Å². The van der Waals surface area contributed by atoms with Crippen LogP contribution in [0.5, 0.6) is 5.75 Å². The minimum absolute atomic E-state index is 0.141. The maximum absolute atomic E-state index is 13.5. The molecule has 0 bridgehead atoms. The number of halogens is 1. The van der Waals surface area contributed by atoms with E-state index in [0.717, 1.165) is 17.6 Å². The summed E-state index contributed by atoms with van der Waals surface area (Å²) in [5.74, 6) is -0.735. The number of benzene rings is 1. The van der Waals surface area contributed by atoms with Gasteiger partial charge in [0.15, 0.2) is 5.75 Å². The van der Waals surface area contributed by atoms with E-state index in [1.54, 1.807) is 12.1 Å². The maximum Gasteiger partial charge on any atom is 0.271 e. The summed E-state index contributed by atoms with van der Waals surface area (Å²) >= 11 is 0. The summed E-state index contributed by atoms with van der Waals surface area (Å²) in [5.41, 5.74) is 2.85. The molecule has 0 saturated heterocycles. The summed E-state index contributed by atoms with van der Waals surface area (Å²) in [6, 6.07) is 8.91. The second-order valence-corrected chi connectivity index (χ2v) is 6.58. The molecule has 0 radical (unpaired) electrons. The molecule has 0 aliphatic rings. The number of amides is 1. The summed E-state index contributed by atoms with van der Waals surface area (Å²) < 4.78 is 18.9. The third kappa shape index (κ3) is 5.68. The van der Waals surface area contributed by atoms with Gasteiger partial charge in [0, 0.05) is 25.8 Å². The number of aromatic nitrogens is 3. The molecular weight excluding hydrogens is 373 g/mol. The molecular formula is C21H24FN5O2. The van der Waals surface area contributed by atoms with E-state index < -0.39 is 5.95 Å². The van der Waals surface area contributed by atoms with E-state index in [9.17, 15) is 9.18 Å². The van der Waals surface area contributed by atoms with Gasteiger partial charge < -0.3 is 10.1 Å². The van der Waals surface area contributed by atoms with Crippen LogP contribution in [0.1, 0.15) is 23.0 Å². The van der Waals surface area contributed by atoms with Gasteiger partial charge in [-0.25, -0.2) is 9.97 Å². The Morgan fingerprint density at radius 2 is 2.07 bits per heavy atom. The van der Waals surface area contributed by atoms with Gasteiger partial charge in [-0.1, -0.05) is 13.0 Å². The molecule has 8 heteroatoms. The Kier molecular flexibility index (Phi) is 7.02. The highest BCUT2D eigenvalue weighted by molar-refractivity contribution is 5.93. The third-order valence-corrected chi connectivity index (χ3v) is 4.48. The quantitative estimate of drug-likeness (QED) is 0.559. The molecule has 7 nitrogen and oxygen atoms in total. The lowest BCUT2D eigenvalue weighted by atomic mass is 10.2. The lowest BCUT2D eigenvalue weighted by molar-refractivity contribution is 0.0942. The van der Waals surface area contributed by atoms with Gasteiger partial charge in [0.1, 0.15) is 12.3 Å². The molecule has 2 heterocycles. The zero-order chi connectivity index (χ0) is 20.6. The van der Waals surface area contributed by atoms with Gasteiger partial charge in [0.2, 0.25) is 0 Å². The Labute approximate surface area is 168 Å². The lowest BCUT2D eigenvalue weighted by Gasteiger charge is -2.20. The minimum Gasteiger partial charge on any atom is -0.487 e. The first-order valence-corrected chi connectivity index (χ1v) is 9.54. The summed E-state index contributed by atoms with van der Waals surface area (Å²) in [7, 11) is 0. The Hall–Kier alpha value is -3.13. The SMILES string of the molecule is CCN(CCNC(=O)c1cnc2cc(C)ccc2n1)CCOc1cccnc1F. The number of ether oxygens (including phenoxy) is 1. The average Bonchev–Trinajstić information content (AvgIpc) is 2.73. The van der Waals surface area contributed by atoms with Crippen molar-refractivity contribution in [3.8, 4) is 5.75 Å². The first-order chi connectivity index (χ1) is 14.1. The standard InChI is InChI=1S/C21H24FN5O2/c1-3-27(11-12-29-19-5-4-8-23-20(19)22)10-9-24-21(28)18-14-25-17-13-15(2)6-7-16(17)26-18/h4-8,13-14H,3,9-12H2,1-2H3,(H,24,28). The van der Waals surface area contributed by atoms with Crippen LogP contribution in [0.2, 0.25) is 0 Å². The zero-order valence-corrected chi connectivity index (χ0v) is 16.6. The molecule has 1 aromatic carbocycles. The number of likely N-dealkylation sites (N-methyl/N-ethyl adjacent to an activating group) is 1. The number of hydrogen-bond donors (Lipinski definition) is 1. The van der Waals surface area contributed by atoms with Gasteiger partial charge in [-0.2, -0.15) is 4.39 Å². The summed E-state index contributed by atoms with van der Waals surface area (Å²) in [4.78, 5) is 26.7. The number of carbonyl (C=O) groups is 1. The van der Waals surface area contributed by atoms with Crippen LogP contribution >= 0.6 is 0 Å². The van der Waals surface area contributed by atoms with Crippen molar-refractivity contribution in [3.05, 3.63) is 59.9 Å². The molecule has 29 heavy (non-hydrogen) atoms. The fraction of sp³-hybridized carbons (Fsp3) is 0.333. The Morgan fingerprint density at radius 1 is 1.21 bits per heavy atom. The largest absolute Gasteiger partial charge is 0.487 e. The first kappa shape index (κ1) is 20.6. The monoisotopic (exact) mass is 397 g/mol. The Morgan fingerprint density at radius 3 is 2.86 bits per heavy atom. The first-order valence-electron chi connectivity index (χ1n) is 9.54. The molecule has 3 rings (SSSR count). The number of nitrogens with one attached hydrogen (secondary N) is 1. The van der Waals surface area contributed by atoms with Crippen LogP contribution in [0, 0.1) is 12.9 Å². The van der Waals surface area contributed by atoms with E-state index in [1.165, 1.54) is 12.4 Å². The smallest absolute Gasteiger partial charge is 0.271 e. The molecule has 1 N–H and O–H groups in total. The topological polar surface area (TPSA) is 80.2 Å². The van der Waals surface area contributed by atoms with Crippen LogP contribution in [-0.2, 0) is 0 Å². The highest BCUT2D eigenvalue weighted by Crippen LogP contribution is 2.13. The second kappa shape index (κ2) is 9.88. The number of nitrogens with zero attached hydrogens (tertiary/aromatic N) is 4. The molecule has 3 aromatic rings. The van der Waals surface area contributed by atoms with Crippen LogP contribution in [0.15, 0.2) is 42.7 Å². The average molecular weight is 397 g/mol. The highest BCUT2D eigenvalue weighted by atomic mass is 19.1. The second-order valence-electron chi connectivity index (χ2n) is 6.58. The van der Waals surface area contributed by atoms with Crippen LogP contribution in [0.3, 0.4) is 0 Å². The van der Waals surface area contributed by atoms with Crippen molar-refractivity contribution >= 4 is 16.9 Å². The molecule has 0 unspecified atom stereocenters. The fourth-order valence-electron chi connectivity index (χ4n) is 2.84. The van der Waals surface area contributed by atoms with Crippen molar-refractivity contribution in [3.63, 3.8) is 0 Å². The van der Waals surface area contributed by atoms with E-state index in [-0.39, 0.29) is 11.7 Å². The third-order valence-electron chi connectivity index (χ3n) is 4.48. The molecule has 152 valence electrons. The van der Waals surface area contributed by atoms with Crippen LogP contribution in [-0.4, -0.2) is 58.5 Å². The molecule has 0 fully saturated rings. The molecule has 0 atom stereocenters. The van der Waals surface area contributed by atoms with Crippen molar-refractivity contribution in [2.75, 3.05) is 32.8 Å². The van der Waals surface area contributed by atoms with E-state index in [2.05, 4.69) is 25.2 Å². The minimum atomic E-state index is -0.616. The van der Waals surface area contributed by atoms with E-state index >= 15 is 0 Å². The van der Waals surface area contributed by atoms with E-state index in [0.29, 0.717) is 37.5 Å². The summed E-state index contributed by atoms with van der Waals surface area (Å²) in [5, 5.41) is 2.86. The van der Waals surface area contributed by atoms with E-state index in [4.69, 9.17) is 4.74 Å². The number of carbonyl (C=O) groups excluding carboxylic acids is 1. The number of hydrogen-bond acceptors (Lipinski definition) is 6. The van der Waals surface area contributed by atoms with E-state index in [1.807, 2.05) is 32.0 Å². The molecule has 2 aromatic heterocycles.